The van der Waals surface area contributed by atoms with Crippen LogP contribution in [-0.4, -0.2) is 58.9 Å². The van der Waals surface area contributed by atoms with Crippen molar-refractivity contribution in [2.75, 3.05) is 18.6 Å². The minimum absolute atomic E-state index is 0.0535. The standard InChI is InChI=1S/C16H22N2O6S/c1-25-8-7-12(14(20)17-13(9-19)15(21)22)18-16(23)24-10-11-5-3-2-4-6-11/h2-6,12-13,19H,7-10H2,1H3,(H,17,20)(H,18,23)(H,21,22)/t12-,13-/m0/s1. The summed E-state index contributed by atoms with van der Waals surface area (Å²) in [7, 11) is 0. The van der Waals surface area contributed by atoms with E-state index in [2.05, 4.69) is 10.6 Å². The number of aliphatic carboxylic acids is 1. The molecule has 4 N–H and O–H groups in total. The van der Waals surface area contributed by atoms with Gasteiger partial charge in [-0.3, -0.25) is 4.79 Å². The van der Waals surface area contributed by atoms with Gasteiger partial charge in [-0.15, -0.1) is 0 Å². The van der Waals surface area contributed by atoms with Gasteiger partial charge in [0.2, 0.25) is 5.91 Å². The lowest BCUT2D eigenvalue weighted by Gasteiger charge is -2.20. The van der Waals surface area contributed by atoms with E-state index in [9.17, 15) is 14.4 Å². The van der Waals surface area contributed by atoms with Crippen molar-refractivity contribution in [1.82, 2.24) is 10.6 Å². The Labute approximate surface area is 149 Å². The van der Waals surface area contributed by atoms with Gasteiger partial charge in [0, 0.05) is 0 Å². The fraction of sp³-hybridized carbons (Fsp3) is 0.438. The second-order valence-electron chi connectivity index (χ2n) is 5.12. The summed E-state index contributed by atoms with van der Waals surface area (Å²) in [6.07, 6.45) is 1.36. The van der Waals surface area contributed by atoms with Gasteiger partial charge >= 0.3 is 12.1 Å². The molecule has 1 aromatic rings. The molecule has 0 radical (unpaired) electrons. The summed E-state index contributed by atoms with van der Waals surface area (Å²) in [6, 6.07) is 6.68. The normalized spacial score (nSPS) is 12.7. The number of alkyl carbamates (subject to hydrolysis) is 1. The maximum atomic E-state index is 12.2. The summed E-state index contributed by atoms with van der Waals surface area (Å²) in [6.45, 7) is -0.688. The van der Waals surface area contributed by atoms with Crippen LogP contribution in [-0.2, 0) is 20.9 Å². The van der Waals surface area contributed by atoms with Crippen molar-refractivity contribution < 1.29 is 29.3 Å². The van der Waals surface area contributed by atoms with Crippen LogP contribution in [0.5, 0.6) is 0 Å². The van der Waals surface area contributed by atoms with Gasteiger partial charge in [0.05, 0.1) is 6.61 Å². The van der Waals surface area contributed by atoms with Gasteiger partial charge in [-0.05, 0) is 24.0 Å². The van der Waals surface area contributed by atoms with Crippen LogP contribution in [0.1, 0.15) is 12.0 Å². The molecule has 0 aromatic heterocycles. The summed E-state index contributed by atoms with van der Waals surface area (Å²) in [4.78, 5) is 35.0. The monoisotopic (exact) mass is 370 g/mol. The van der Waals surface area contributed by atoms with Crippen molar-refractivity contribution >= 4 is 29.7 Å². The van der Waals surface area contributed by atoms with Gasteiger partial charge in [0.15, 0.2) is 0 Å². The highest BCUT2D eigenvalue weighted by Crippen LogP contribution is 2.04. The van der Waals surface area contributed by atoms with E-state index in [1.165, 1.54) is 11.8 Å². The van der Waals surface area contributed by atoms with Gasteiger partial charge < -0.3 is 25.6 Å². The SMILES string of the molecule is CSCC[C@H](NC(=O)OCc1ccccc1)C(=O)N[C@@H](CO)C(=O)O. The fourth-order valence-corrected chi connectivity index (χ4v) is 2.34. The molecule has 8 nitrogen and oxygen atoms in total. The third-order valence-electron chi connectivity index (χ3n) is 3.23. The number of carbonyl (C=O) groups excluding carboxylic acids is 2. The van der Waals surface area contributed by atoms with Crippen LogP contribution < -0.4 is 10.6 Å². The van der Waals surface area contributed by atoms with Crippen molar-refractivity contribution in [3.8, 4) is 0 Å². The Kier molecular flexibility index (Phi) is 9.41. The zero-order valence-electron chi connectivity index (χ0n) is 13.8. The Morgan fingerprint density at radius 3 is 2.40 bits per heavy atom. The predicted molar refractivity (Wildman–Crippen MR) is 93.2 cm³/mol. The van der Waals surface area contributed by atoms with Crippen molar-refractivity contribution in [3.05, 3.63) is 35.9 Å². The van der Waals surface area contributed by atoms with Crippen molar-refractivity contribution in [2.24, 2.45) is 0 Å². The predicted octanol–water partition coefficient (Wildman–Crippen LogP) is 0.596. The molecule has 138 valence electrons. The molecule has 2 atom stereocenters. The summed E-state index contributed by atoms with van der Waals surface area (Å²) in [5, 5.41) is 22.5. The number of amides is 2. The highest BCUT2D eigenvalue weighted by Gasteiger charge is 2.26. The Balaban J connectivity index is 2.59. The molecule has 0 fully saturated rings. The van der Waals surface area contributed by atoms with Crippen LogP contribution in [0.15, 0.2) is 30.3 Å². The second kappa shape index (κ2) is 11.3. The largest absolute Gasteiger partial charge is 0.480 e. The van der Waals surface area contributed by atoms with Crippen LogP contribution in [0.3, 0.4) is 0 Å². The molecule has 0 aliphatic heterocycles. The van der Waals surface area contributed by atoms with Crippen LogP contribution in [0.25, 0.3) is 0 Å². The topological polar surface area (TPSA) is 125 Å². The maximum Gasteiger partial charge on any atom is 0.408 e. The van der Waals surface area contributed by atoms with Crippen molar-refractivity contribution in [3.63, 3.8) is 0 Å². The summed E-state index contributed by atoms with van der Waals surface area (Å²) >= 11 is 1.48. The average molecular weight is 370 g/mol. The van der Waals surface area contributed by atoms with E-state index in [0.717, 1.165) is 5.56 Å². The minimum atomic E-state index is -1.42. The Morgan fingerprint density at radius 1 is 1.16 bits per heavy atom. The van der Waals surface area contributed by atoms with Crippen LogP contribution >= 0.6 is 11.8 Å². The van der Waals surface area contributed by atoms with E-state index < -0.39 is 36.7 Å². The number of benzene rings is 1. The minimum Gasteiger partial charge on any atom is -0.480 e. The lowest BCUT2D eigenvalue weighted by atomic mass is 10.2. The molecule has 0 bridgehead atoms. The van der Waals surface area contributed by atoms with E-state index in [0.29, 0.717) is 12.2 Å². The first-order valence-electron chi connectivity index (χ1n) is 7.58. The maximum absolute atomic E-state index is 12.2. The summed E-state index contributed by atoms with van der Waals surface area (Å²) in [5.41, 5.74) is 0.800. The van der Waals surface area contributed by atoms with Gasteiger partial charge in [0.1, 0.15) is 18.7 Å². The van der Waals surface area contributed by atoms with Gasteiger partial charge in [-0.1, -0.05) is 30.3 Å². The molecule has 0 saturated carbocycles. The number of carboxylic acid groups (broad SMARTS) is 1. The number of aliphatic hydroxyl groups is 1. The van der Waals surface area contributed by atoms with Crippen molar-refractivity contribution in [2.45, 2.75) is 25.1 Å². The molecule has 0 spiro atoms. The number of ether oxygens (including phenoxy) is 1. The molecule has 0 aliphatic carbocycles. The summed E-state index contributed by atoms with van der Waals surface area (Å²) in [5.74, 6) is -1.47. The third-order valence-corrected chi connectivity index (χ3v) is 3.87. The number of carboxylic acids is 1. The smallest absolute Gasteiger partial charge is 0.408 e. The van der Waals surface area contributed by atoms with Gasteiger partial charge in [-0.25, -0.2) is 9.59 Å². The average Bonchev–Trinajstić information content (AvgIpc) is 2.61. The molecule has 1 aromatic carbocycles. The molecule has 1 rings (SSSR count). The van der Waals surface area contributed by atoms with Crippen LogP contribution in [0.2, 0.25) is 0 Å². The highest BCUT2D eigenvalue weighted by molar-refractivity contribution is 7.98. The molecule has 0 aliphatic rings. The van der Waals surface area contributed by atoms with Crippen molar-refractivity contribution in [1.29, 1.82) is 0 Å². The number of hydrogen-bond acceptors (Lipinski definition) is 6. The van der Waals surface area contributed by atoms with E-state index in [-0.39, 0.29) is 6.61 Å². The molecule has 0 saturated heterocycles. The first-order valence-corrected chi connectivity index (χ1v) is 8.97. The quantitative estimate of drug-likeness (QED) is 0.475. The van der Waals surface area contributed by atoms with E-state index in [4.69, 9.17) is 14.9 Å². The first kappa shape index (κ1) is 20.8. The molecule has 25 heavy (non-hydrogen) atoms. The first-order chi connectivity index (χ1) is 12.0. The lowest BCUT2D eigenvalue weighted by Crippen LogP contribution is -2.53. The van der Waals surface area contributed by atoms with E-state index in [1.807, 2.05) is 24.5 Å². The van der Waals surface area contributed by atoms with Crippen LogP contribution in [0, 0.1) is 0 Å². The molecular weight excluding hydrogens is 348 g/mol. The number of aliphatic hydroxyl groups excluding tert-OH is 1. The number of thioether (sulfide) groups is 1. The molecule has 0 unspecified atom stereocenters. The molecule has 2 amide bonds. The van der Waals surface area contributed by atoms with Crippen LogP contribution in [0.4, 0.5) is 4.79 Å². The molecular formula is C16H22N2O6S. The zero-order valence-corrected chi connectivity index (χ0v) is 14.6. The number of rotatable bonds is 10. The Bertz CT molecular complexity index is 569. The highest BCUT2D eigenvalue weighted by atomic mass is 32.2. The molecule has 9 heteroatoms. The number of nitrogens with one attached hydrogen (secondary N) is 2. The van der Waals surface area contributed by atoms with Gasteiger partial charge in [-0.2, -0.15) is 11.8 Å². The lowest BCUT2D eigenvalue weighted by molar-refractivity contribution is -0.143. The number of hydrogen-bond donors (Lipinski definition) is 4. The summed E-state index contributed by atoms with van der Waals surface area (Å²) < 4.78 is 5.06. The Morgan fingerprint density at radius 2 is 1.84 bits per heavy atom. The third kappa shape index (κ3) is 7.90. The number of carbonyl (C=O) groups is 3. The Hall–Kier alpha value is -2.26. The van der Waals surface area contributed by atoms with Gasteiger partial charge in [0.25, 0.3) is 0 Å². The fourth-order valence-electron chi connectivity index (χ4n) is 1.87. The molecule has 0 heterocycles. The van der Waals surface area contributed by atoms with E-state index in [1.54, 1.807) is 12.1 Å². The van der Waals surface area contributed by atoms with E-state index >= 15 is 0 Å². The second-order valence-corrected chi connectivity index (χ2v) is 6.11. The zero-order chi connectivity index (χ0) is 18.7.